The molecule has 2 aliphatic rings. The van der Waals surface area contributed by atoms with Crippen molar-refractivity contribution in [1.82, 2.24) is 20.0 Å². The minimum Gasteiger partial charge on any atom is -0.348 e. The average molecular weight is 335 g/mol. The number of imidazole rings is 1. The quantitative estimate of drug-likeness (QED) is 0.879. The van der Waals surface area contributed by atoms with Crippen molar-refractivity contribution >= 4 is 27.5 Å². The van der Waals surface area contributed by atoms with Gasteiger partial charge in [0, 0.05) is 36.1 Å². The van der Waals surface area contributed by atoms with Gasteiger partial charge in [0.25, 0.3) is 5.91 Å². The Hall–Kier alpha value is -1.40. The first-order chi connectivity index (χ1) is 9.69. The fourth-order valence-corrected chi connectivity index (χ4v) is 3.73. The molecule has 2 aromatic heterocycles. The summed E-state index contributed by atoms with van der Waals surface area (Å²) in [6.07, 6.45) is 7.19. The summed E-state index contributed by atoms with van der Waals surface area (Å²) in [5.41, 5.74) is 1.44. The first-order valence-corrected chi connectivity index (χ1v) is 7.69. The van der Waals surface area contributed by atoms with Crippen LogP contribution in [0.25, 0.3) is 5.65 Å². The van der Waals surface area contributed by atoms with Crippen LogP contribution in [0.2, 0.25) is 0 Å². The zero-order valence-corrected chi connectivity index (χ0v) is 12.4. The van der Waals surface area contributed by atoms with Gasteiger partial charge in [0.15, 0.2) is 0 Å². The van der Waals surface area contributed by atoms with Gasteiger partial charge in [-0.25, -0.2) is 4.98 Å². The smallest absolute Gasteiger partial charge is 0.251 e. The summed E-state index contributed by atoms with van der Waals surface area (Å²) in [4.78, 5) is 16.7. The maximum atomic E-state index is 12.3. The molecule has 20 heavy (non-hydrogen) atoms. The lowest BCUT2D eigenvalue weighted by Crippen LogP contribution is -2.42. The van der Waals surface area contributed by atoms with E-state index in [1.165, 1.54) is 12.8 Å². The van der Waals surface area contributed by atoms with Crippen LogP contribution >= 0.6 is 15.9 Å². The summed E-state index contributed by atoms with van der Waals surface area (Å²) in [6, 6.07) is 4.96. The molecule has 104 valence electrons. The van der Waals surface area contributed by atoms with E-state index >= 15 is 0 Å². The van der Waals surface area contributed by atoms with Crippen LogP contribution in [0.3, 0.4) is 0 Å². The number of amides is 1. The summed E-state index contributed by atoms with van der Waals surface area (Å²) in [5, 5.41) is 6.68. The van der Waals surface area contributed by atoms with Crippen LogP contribution in [-0.4, -0.2) is 33.4 Å². The monoisotopic (exact) mass is 334 g/mol. The van der Waals surface area contributed by atoms with Gasteiger partial charge in [-0.3, -0.25) is 4.79 Å². The number of nitrogens with one attached hydrogen (secondary N) is 2. The standard InChI is InChI=1S/C14H15BrN4O/c15-12-7-19-4-3-8(5-13(19)18-12)14(20)17-11-6-9-1-2-10(11)16-9/h3-5,7,9-11,16H,1-2,6H2,(H,17,20). The molecule has 0 spiro atoms. The topological polar surface area (TPSA) is 58.4 Å². The number of carbonyl (C=O) groups is 1. The number of hydrogen-bond acceptors (Lipinski definition) is 3. The molecule has 3 unspecified atom stereocenters. The molecule has 2 saturated heterocycles. The Morgan fingerprint density at radius 1 is 1.50 bits per heavy atom. The lowest BCUT2D eigenvalue weighted by atomic mass is 9.95. The molecule has 2 fully saturated rings. The third-order valence-corrected chi connectivity index (χ3v) is 4.69. The van der Waals surface area contributed by atoms with Crippen LogP contribution in [-0.2, 0) is 0 Å². The van der Waals surface area contributed by atoms with Gasteiger partial charge in [-0.15, -0.1) is 0 Å². The van der Waals surface area contributed by atoms with E-state index in [0.29, 0.717) is 17.6 Å². The van der Waals surface area contributed by atoms with Gasteiger partial charge in [-0.05, 0) is 47.3 Å². The zero-order valence-electron chi connectivity index (χ0n) is 10.8. The van der Waals surface area contributed by atoms with Gasteiger partial charge in [-0.1, -0.05) is 0 Å². The van der Waals surface area contributed by atoms with Crippen LogP contribution in [0.5, 0.6) is 0 Å². The van der Waals surface area contributed by atoms with Crippen molar-refractivity contribution in [2.45, 2.75) is 37.4 Å². The van der Waals surface area contributed by atoms with Crippen molar-refractivity contribution in [2.75, 3.05) is 0 Å². The fraction of sp³-hybridized carbons (Fsp3) is 0.429. The number of fused-ring (bicyclic) bond motifs is 3. The van der Waals surface area contributed by atoms with E-state index in [-0.39, 0.29) is 11.9 Å². The van der Waals surface area contributed by atoms with Crippen LogP contribution in [0.4, 0.5) is 0 Å². The van der Waals surface area contributed by atoms with Crippen molar-refractivity contribution in [2.24, 2.45) is 0 Å². The number of nitrogens with zero attached hydrogens (tertiary/aromatic N) is 2. The van der Waals surface area contributed by atoms with E-state index in [0.717, 1.165) is 16.7 Å². The van der Waals surface area contributed by atoms with E-state index in [2.05, 4.69) is 31.5 Å². The Labute approximate surface area is 124 Å². The van der Waals surface area contributed by atoms with Crippen LogP contribution in [0.15, 0.2) is 29.1 Å². The molecule has 2 N–H and O–H groups in total. The van der Waals surface area contributed by atoms with E-state index < -0.39 is 0 Å². The van der Waals surface area contributed by atoms with Gasteiger partial charge in [0.05, 0.1) is 0 Å². The summed E-state index contributed by atoms with van der Waals surface area (Å²) >= 11 is 3.34. The van der Waals surface area contributed by atoms with E-state index in [9.17, 15) is 4.79 Å². The first-order valence-electron chi connectivity index (χ1n) is 6.90. The summed E-state index contributed by atoms with van der Waals surface area (Å²) in [7, 11) is 0. The van der Waals surface area contributed by atoms with E-state index in [1.807, 2.05) is 28.9 Å². The molecule has 0 saturated carbocycles. The molecule has 0 aromatic carbocycles. The van der Waals surface area contributed by atoms with Gasteiger partial charge in [-0.2, -0.15) is 0 Å². The maximum Gasteiger partial charge on any atom is 0.251 e. The fourth-order valence-electron chi connectivity index (χ4n) is 3.33. The van der Waals surface area contributed by atoms with Gasteiger partial charge >= 0.3 is 0 Å². The number of rotatable bonds is 2. The highest BCUT2D eigenvalue weighted by Gasteiger charge is 2.39. The lowest BCUT2D eigenvalue weighted by molar-refractivity contribution is 0.0931. The summed E-state index contributed by atoms with van der Waals surface area (Å²) in [6.45, 7) is 0. The minimum atomic E-state index is -0.00836. The SMILES string of the molecule is O=C(NC1CC2CCC1N2)c1ccn2cc(Br)nc2c1. The van der Waals surface area contributed by atoms with Crippen LogP contribution < -0.4 is 10.6 Å². The van der Waals surface area contributed by atoms with Gasteiger partial charge in [0.2, 0.25) is 0 Å². The van der Waals surface area contributed by atoms with Gasteiger partial charge in [0.1, 0.15) is 10.3 Å². The molecule has 0 aliphatic carbocycles. The number of pyridine rings is 1. The second-order valence-electron chi connectivity index (χ2n) is 5.61. The highest BCUT2D eigenvalue weighted by molar-refractivity contribution is 9.10. The summed E-state index contributed by atoms with van der Waals surface area (Å²) in [5.74, 6) is -0.00836. The van der Waals surface area contributed by atoms with E-state index in [1.54, 1.807) is 0 Å². The van der Waals surface area contributed by atoms with Crippen LogP contribution in [0, 0.1) is 0 Å². The molecule has 6 heteroatoms. The molecular weight excluding hydrogens is 320 g/mol. The van der Waals surface area contributed by atoms with Crippen molar-refractivity contribution < 1.29 is 4.79 Å². The third kappa shape index (κ3) is 2.03. The van der Waals surface area contributed by atoms with Crippen molar-refractivity contribution in [3.8, 4) is 0 Å². The highest BCUT2D eigenvalue weighted by Crippen LogP contribution is 2.28. The molecule has 4 rings (SSSR count). The minimum absolute atomic E-state index is 0.00836. The predicted molar refractivity (Wildman–Crippen MR) is 78.7 cm³/mol. The molecule has 4 heterocycles. The Kier molecular flexibility index (Phi) is 2.82. The molecule has 2 aliphatic heterocycles. The van der Waals surface area contributed by atoms with Crippen molar-refractivity contribution in [3.63, 3.8) is 0 Å². The molecule has 5 nitrogen and oxygen atoms in total. The average Bonchev–Trinajstić information content (AvgIpc) is 3.10. The third-order valence-electron chi connectivity index (χ3n) is 4.31. The largest absolute Gasteiger partial charge is 0.348 e. The number of aromatic nitrogens is 2. The maximum absolute atomic E-state index is 12.3. The number of halogens is 1. The van der Waals surface area contributed by atoms with E-state index in [4.69, 9.17) is 0 Å². The molecule has 2 aromatic rings. The summed E-state index contributed by atoms with van der Waals surface area (Å²) < 4.78 is 2.66. The Balaban J connectivity index is 1.54. The Bertz CT molecular complexity index is 683. The van der Waals surface area contributed by atoms with Crippen LogP contribution in [0.1, 0.15) is 29.6 Å². The predicted octanol–water partition coefficient (Wildman–Crippen LogP) is 1.72. The first kappa shape index (κ1) is 12.3. The second-order valence-corrected chi connectivity index (χ2v) is 6.42. The second kappa shape index (κ2) is 4.56. The van der Waals surface area contributed by atoms with Crippen molar-refractivity contribution in [3.05, 3.63) is 34.7 Å². The molecular formula is C14H15BrN4O. The Morgan fingerprint density at radius 2 is 2.40 bits per heavy atom. The molecule has 2 bridgehead atoms. The lowest BCUT2D eigenvalue weighted by Gasteiger charge is -2.21. The molecule has 1 amide bonds. The van der Waals surface area contributed by atoms with Crippen molar-refractivity contribution in [1.29, 1.82) is 0 Å². The molecule has 3 atom stereocenters. The highest BCUT2D eigenvalue weighted by atomic mass is 79.9. The normalized spacial score (nSPS) is 28.1. The zero-order chi connectivity index (χ0) is 13.7. The number of carbonyl (C=O) groups excluding carboxylic acids is 1. The van der Waals surface area contributed by atoms with Gasteiger partial charge < -0.3 is 15.0 Å². The number of hydrogen-bond donors (Lipinski definition) is 2. The molecule has 0 radical (unpaired) electrons. The Morgan fingerprint density at radius 3 is 3.15 bits per heavy atom.